The van der Waals surface area contributed by atoms with Crippen LogP contribution in [0.25, 0.3) is 0 Å². The van der Waals surface area contributed by atoms with Crippen molar-refractivity contribution < 1.29 is 14.3 Å². The van der Waals surface area contributed by atoms with E-state index in [1.807, 2.05) is 12.1 Å². The third-order valence-electron chi connectivity index (χ3n) is 4.51. The molecule has 1 aromatic rings. The Morgan fingerprint density at radius 3 is 2.57 bits per heavy atom. The summed E-state index contributed by atoms with van der Waals surface area (Å²) in [6.45, 7) is 0.746. The highest BCUT2D eigenvalue weighted by Gasteiger charge is 2.28. The van der Waals surface area contributed by atoms with Crippen molar-refractivity contribution >= 4 is 11.5 Å². The Balaban J connectivity index is 1.88. The number of ether oxygens (including phenoxy) is 2. The van der Waals surface area contributed by atoms with Gasteiger partial charge in [-0.3, -0.25) is 9.79 Å². The van der Waals surface area contributed by atoms with Crippen molar-refractivity contribution in [1.82, 2.24) is 0 Å². The Bertz CT molecular complexity index is 588. The third-order valence-corrected chi connectivity index (χ3v) is 4.51. The van der Waals surface area contributed by atoms with Gasteiger partial charge in [-0.15, -0.1) is 0 Å². The molecule has 4 heteroatoms. The fraction of sp³-hybridized carbons (Fsp3) is 0.529. The number of rotatable bonds is 5. The second-order valence-electron chi connectivity index (χ2n) is 5.71. The molecule has 1 saturated carbocycles. The zero-order valence-electron chi connectivity index (χ0n) is 12.6. The molecule has 0 spiro atoms. The molecule has 112 valence electrons. The summed E-state index contributed by atoms with van der Waals surface area (Å²) in [6, 6.07) is 3.97. The van der Waals surface area contributed by atoms with Crippen LogP contribution in [0.3, 0.4) is 0 Å². The normalized spacial score (nSPS) is 17.5. The van der Waals surface area contributed by atoms with E-state index in [1.165, 1.54) is 12.0 Å². The van der Waals surface area contributed by atoms with Crippen LogP contribution in [0, 0.1) is 5.92 Å². The van der Waals surface area contributed by atoms with Gasteiger partial charge in [-0.25, -0.2) is 0 Å². The van der Waals surface area contributed by atoms with E-state index < -0.39 is 0 Å². The molecule has 2 aliphatic rings. The maximum Gasteiger partial charge on any atom is 0.161 e. The average molecular weight is 287 g/mol. The highest BCUT2D eigenvalue weighted by Crippen LogP contribution is 2.34. The largest absolute Gasteiger partial charge is 0.493 e. The second-order valence-corrected chi connectivity index (χ2v) is 5.71. The Morgan fingerprint density at radius 1 is 1.24 bits per heavy atom. The van der Waals surface area contributed by atoms with E-state index in [2.05, 4.69) is 4.99 Å². The highest BCUT2D eigenvalue weighted by molar-refractivity contribution is 6.13. The molecule has 0 bridgehead atoms. The number of benzene rings is 1. The molecule has 1 aliphatic heterocycles. The van der Waals surface area contributed by atoms with Crippen LogP contribution in [0.15, 0.2) is 17.1 Å². The number of hydrogen-bond acceptors (Lipinski definition) is 4. The Labute approximate surface area is 125 Å². The van der Waals surface area contributed by atoms with Gasteiger partial charge in [0.1, 0.15) is 5.78 Å². The molecule has 0 saturated heterocycles. The van der Waals surface area contributed by atoms with E-state index in [-0.39, 0.29) is 5.92 Å². The Morgan fingerprint density at radius 2 is 1.95 bits per heavy atom. The minimum Gasteiger partial charge on any atom is -0.493 e. The summed E-state index contributed by atoms with van der Waals surface area (Å²) >= 11 is 0. The van der Waals surface area contributed by atoms with Gasteiger partial charge in [-0.1, -0.05) is 6.42 Å². The highest BCUT2D eigenvalue weighted by atomic mass is 16.5. The van der Waals surface area contributed by atoms with E-state index in [0.717, 1.165) is 42.8 Å². The van der Waals surface area contributed by atoms with Gasteiger partial charge in [0.2, 0.25) is 0 Å². The molecular weight excluding hydrogens is 266 g/mol. The molecule has 0 N–H and O–H groups in total. The van der Waals surface area contributed by atoms with Gasteiger partial charge in [0.05, 0.1) is 14.2 Å². The second kappa shape index (κ2) is 5.88. The third kappa shape index (κ3) is 2.67. The predicted molar refractivity (Wildman–Crippen MR) is 81.6 cm³/mol. The number of methoxy groups -OCH3 is 2. The molecule has 1 aliphatic carbocycles. The summed E-state index contributed by atoms with van der Waals surface area (Å²) in [6.07, 6.45) is 4.62. The van der Waals surface area contributed by atoms with Crippen LogP contribution in [0.4, 0.5) is 0 Å². The number of nitrogens with zero attached hydrogens (tertiary/aromatic N) is 1. The monoisotopic (exact) mass is 287 g/mol. The van der Waals surface area contributed by atoms with Crippen molar-refractivity contribution in [3.8, 4) is 11.5 Å². The van der Waals surface area contributed by atoms with E-state index in [0.29, 0.717) is 18.0 Å². The van der Waals surface area contributed by atoms with Crippen LogP contribution in [0.5, 0.6) is 11.5 Å². The van der Waals surface area contributed by atoms with Gasteiger partial charge in [0.25, 0.3) is 0 Å². The maximum atomic E-state index is 12.2. The maximum absolute atomic E-state index is 12.2. The lowest BCUT2D eigenvalue weighted by Gasteiger charge is -2.25. The summed E-state index contributed by atoms with van der Waals surface area (Å²) < 4.78 is 10.7. The fourth-order valence-corrected chi connectivity index (χ4v) is 2.98. The molecule has 0 atom stereocenters. The van der Waals surface area contributed by atoms with Gasteiger partial charge >= 0.3 is 0 Å². The SMILES string of the molecule is COc1cc2c(cc1OC)C(CC(=O)C1CCC1)=NCC2. The van der Waals surface area contributed by atoms with Crippen molar-refractivity contribution in [2.45, 2.75) is 32.1 Å². The lowest BCUT2D eigenvalue weighted by Crippen LogP contribution is -2.26. The smallest absolute Gasteiger partial charge is 0.161 e. The molecule has 0 aromatic heterocycles. The molecule has 3 rings (SSSR count). The first-order chi connectivity index (χ1) is 10.2. The molecule has 1 aromatic carbocycles. The summed E-state index contributed by atoms with van der Waals surface area (Å²) in [5.74, 6) is 2.03. The molecule has 0 unspecified atom stereocenters. The quantitative estimate of drug-likeness (QED) is 0.836. The van der Waals surface area contributed by atoms with Gasteiger partial charge in [0.15, 0.2) is 11.5 Å². The molecular formula is C17H21NO3. The van der Waals surface area contributed by atoms with Crippen molar-refractivity contribution in [2.24, 2.45) is 10.9 Å². The Kier molecular flexibility index (Phi) is 3.95. The lowest BCUT2D eigenvalue weighted by atomic mass is 9.79. The first kappa shape index (κ1) is 14.1. The van der Waals surface area contributed by atoms with Crippen molar-refractivity contribution in [3.63, 3.8) is 0 Å². The molecule has 0 amide bonds. The minimum atomic E-state index is 0.262. The number of hydrogen-bond donors (Lipinski definition) is 0. The topological polar surface area (TPSA) is 47.9 Å². The van der Waals surface area contributed by atoms with Gasteiger partial charge in [-0.2, -0.15) is 0 Å². The minimum absolute atomic E-state index is 0.262. The summed E-state index contributed by atoms with van der Waals surface area (Å²) in [4.78, 5) is 16.8. The zero-order valence-corrected chi connectivity index (χ0v) is 12.6. The van der Waals surface area contributed by atoms with E-state index in [1.54, 1.807) is 14.2 Å². The number of ketones is 1. The number of carbonyl (C=O) groups is 1. The van der Waals surface area contributed by atoms with E-state index in [4.69, 9.17) is 9.47 Å². The van der Waals surface area contributed by atoms with Gasteiger partial charge in [-0.05, 0) is 37.0 Å². The van der Waals surface area contributed by atoms with Crippen LogP contribution >= 0.6 is 0 Å². The predicted octanol–water partition coefficient (Wildman–Crippen LogP) is 2.81. The summed E-state index contributed by atoms with van der Waals surface area (Å²) in [5.41, 5.74) is 3.15. The lowest BCUT2D eigenvalue weighted by molar-refractivity contribution is -0.123. The Hall–Kier alpha value is -1.84. The van der Waals surface area contributed by atoms with Crippen LogP contribution < -0.4 is 9.47 Å². The van der Waals surface area contributed by atoms with Gasteiger partial charge in [0, 0.05) is 30.2 Å². The van der Waals surface area contributed by atoms with Crippen LogP contribution in [-0.2, 0) is 11.2 Å². The average Bonchev–Trinajstić information content (AvgIpc) is 2.44. The van der Waals surface area contributed by atoms with Crippen molar-refractivity contribution in [1.29, 1.82) is 0 Å². The molecule has 4 nitrogen and oxygen atoms in total. The summed E-state index contributed by atoms with van der Waals surface area (Å²) in [5, 5.41) is 0. The number of fused-ring (bicyclic) bond motifs is 1. The zero-order chi connectivity index (χ0) is 14.8. The summed E-state index contributed by atoms with van der Waals surface area (Å²) in [7, 11) is 3.27. The number of carbonyl (C=O) groups excluding carboxylic acids is 1. The fourth-order valence-electron chi connectivity index (χ4n) is 2.98. The van der Waals surface area contributed by atoms with E-state index >= 15 is 0 Å². The van der Waals surface area contributed by atoms with Crippen LogP contribution in [0.1, 0.15) is 36.8 Å². The molecule has 1 fully saturated rings. The van der Waals surface area contributed by atoms with E-state index in [9.17, 15) is 4.79 Å². The molecule has 21 heavy (non-hydrogen) atoms. The molecule has 1 heterocycles. The van der Waals surface area contributed by atoms with Crippen LogP contribution in [-0.4, -0.2) is 32.3 Å². The number of aliphatic imine (C=N–C) groups is 1. The molecule has 0 radical (unpaired) electrons. The van der Waals surface area contributed by atoms with Gasteiger partial charge < -0.3 is 9.47 Å². The first-order valence-electron chi connectivity index (χ1n) is 7.54. The number of Topliss-reactive ketones (excluding diaryl/α,β-unsaturated/α-hetero) is 1. The van der Waals surface area contributed by atoms with Crippen LogP contribution in [0.2, 0.25) is 0 Å². The first-order valence-corrected chi connectivity index (χ1v) is 7.54. The standard InChI is InChI=1S/C17H21NO3/c1-20-16-8-12-6-7-18-14(13(12)9-17(16)21-2)10-15(19)11-4-3-5-11/h8-9,11H,3-7,10H2,1-2H3. The van der Waals surface area contributed by atoms with Crippen molar-refractivity contribution in [2.75, 3.05) is 20.8 Å². The van der Waals surface area contributed by atoms with Crippen molar-refractivity contribution in [3.05, 3.63) is 23.3 Å².